The molecule has 1 aliphatic heterocycles. The highest BCUT2D eigenvalue weighted by molar-refractivity contribution is 6.31. The highest BCUT2D eigenvalue weighted by Crippen LogP contribution is 2.55. The number of hydrogen-bond acceptors (Lipinski definition) is 10. The Morgan fingerprint density at radius 1 is 0.940 bits per heavy atom. The van der Waals surface area contributed by atoms with Crippen LogP contribution in [0.1, 0.15) is 121 Å². The first-order valence-corrected chi connectivity index (χ1v) is 23.5. The van der Waals surface area contributed by atoms with E-state index in [1.54, 1.807) is 47.4 Å². The van der Waals surface area contributed by atoms with E-state index in [1.807, 2.05) is 58.9 Å². The second-order valence-corrected chi connectivity index (χ2v) is 20.4. The molecule has 3 N–H and O–H groups in total. The number of carbonyl (C=O) groups is 4. The number of aromatic nitrogens is 1. The van der Waals surface area contributed by atoms with Gasteiger partial charge in [0.05, 0.1) is 28.9 Å². The van der Waals surface area contributed by atoms with Crippen molar-refractivity contribution in [1.82, 2.24) is 25.8 Å². The number of benzene rings is 3. The van der Waals surface area contributed by atoms with Crippen LogP contribution in [0.4, 0.5) is 0 Å². The van der Waals surface area contributed by atoms with Gasteiger partial charge in [0.15, 0.2) is 12.2 Å². The molecule has 6 rings (SSSR count). The monoisotopic (exact) mass is 936 g/mol. The molecule has 1 saturated heterocycles. The third kappa shape index (κ3) is 12.0. The molecular formula is C52H65ClN6O8. The van der Waals surface area contributed by atoms with Crippen LogP contribution < -0.4 is 25.4 Å². The molecule has 358 valence electrons. The number of carbonyl (C=O) groups excluding carboxylic acids is 4. The zero-order chi connectivity index (χ0) is 48.7. The molecule has 2 aliphatic rings. The van der Waals surface area contributed by atoms with Crippen molar-refractivity contribution in [2.75, 3.05) is 26.4 Å². The molecule has 1 aliphatic carbocycles. The van der Waals surface area contributed by atoms with Crippen LogP contribution in [0.25, 0.3) is 11.3 Å². The van der Waals surface area contributed by atoms with Gasteiger partial charge in [0.1, 0.15) is 42.4 Å². The SMILES string of the molecule is Cc1ncoc1-c1ccc([C@H](C)NC(=O)[C@@H]2CCCN2C(=O)[C@@H](NC(=O)COCCCCCOc2ccc(C(=O)NC3C(C)(C)C(Oc4ccc(C#N)c(Cl)c4)C3(C)C)cc2)C(C)(C)C)cc1. The number of hydrogen-bond donors (Lipinski definition) is 3. The fourth-order valence-corrected chi connectivity index (χ4v) is 9.78. The maximum absolute atomic E-state index is 14.0. The van der Waals surface area contributed by atoms with Crippen molar-refractivity contribution in [2.45, 2.75) is 125 Å². The van der Waals surface area contributed by atoms with Gasteiger partial charge in [-0.3, -0.25) is 19.2 Å². The quantitative estimate of drug-likeness (QED) is 0.0768. The molecule has 2 heterocycles. The Hall–Kier alpha value is -5.91. The van der Waals surface area contributed by atoms with Crippen LogP contribution in [0.5, 0.6) is 11.5 Å². The molecule has 4 amide bonds. The first kappa shape index (κ1) is 50.5. The summed E-state index contributed by atoms with van der Waals surface area (Å²) in [6.07, 6.45) is 4.72. The molecule has 2 fully saturated rings. The average molecular weight is 938 g/mol. The van der Waals surface area contributed by atoms with Crippen LogP contribution in [0.2, 0.25) is 5.02 Å². The molecule has 0 spiro atoms. The van der Waals surface area contributed by atoms with Crippen LogP contribution in [-0.4, -0.2) is 84.1 Å². The number of amides is 4. The second-order valence-electron chi connectivity index (χ2n) is 20.0. The summed E-state index contributed by atoms with van der Waals surface area (Å²) in [5.74, 6) is 0.842. The molecule has 1 saturated carbocycles. The van der Waals surface area contributed by atoms with E-state index in [4.69, 9.17) is 30.2 Å². The highest BCUT2D eigenvalue weighted by Gasteiger charge is 2.64. The van der Waals surface area contributed by atoms with Crippen LogP contribution in [-0.2, 0) is 19.1 Å². The summed E-state index contributed by atoms with van der Waals surface area (Å²) in [7, 11) is 0. The van der Waals surface area contributed by atoms with E-state index >= 15 is 0 Å². The standard InChI is InChI=1S/C52H65ClN6O8/c1-32(34-15-17-35(18-16-34)43-33(2)55-31-66-43)56-46(62)41-14-13-25-59(41)47(63)44(50(3,4)5)57-42(60)30-64-26-11-10-12-27-65-38-22-19-36(20-23-38)45(61)58-48-51(6,7)49(52(48,8)9)67-39-24-21-37(29-54)40(53)28-39/h15-24,28,31-32,41,44,48-49H,10-14,25-27,30H2,1-9H3,(H,56,62)(H,57,60)(H,58,61)/t32-,41-,44+,48?,49?/m0/s1. The van der Waals surface area contributed by atoms with Crippen molar-refractivity contribution in [3.8, 4) is 28.9 Å². The summed E-state index contributed by atoms with van der Waals surface area (Å²) in [4.78, 5) is 59.8. The van der Waals surface area contributed by atoms with E-state index in [1.165, 1.54) is 6.39 Å². The summed E-state index contributed by atoms with van der Waals surface area (Å²) in [6.45, 7) is 18.8. The molecule has 0 radical (unpaired) electrons. The van der Waals surface area contributed by atoms with Gasteiger partial charge in [-0.1, -0.05) is 84.3 Å². The van der Waals surface area contributed by atoms with Gasteiger partial charge in [0.2, 0.25) is 17.7 Å². The average Bonchev–Trinajstić information content (AvgIpc) is 3.96. The first-order chi connectivity index (χ1) is 31.7. The second kappa shape index (κ2) is 21.4. The molecule has 67 heavy (non-hydrogen) atoms. The van der Waals surface area contributed by atoms with Gasteiger partial charge < -0.3 is 39.5 Å². The highest BCUT2D eigenvalue weighted by atomic mass is 35.5. The predicted octanol–water partition coefficient (Wildman–Crippen LogP) is 8.75. The van der Waals surface area contributed by atoms with Gasteiger partial charge in [0, 0.05) is 47.2 Å². The summed E-state index contributed by atoms with van der Waals surface area (Å²) < 4.78 is 23.5. The smallest absolute Gasteiger partial charge is 0.251 e. The Morgan fingerprint density at radius 3 is 2.24 bits per heavy atom. The summed E-state index contributed by atoms with van der Waals surface area (Å²) in [6, 6.07) is 20.0. The summed E-state index contributed by atoms with van der Waals surface area (Å²) in [5.41, 5.74) is 2.14. The van der Waals surface area contributed by atoms with E-state index in [0.717, 1.165) is 29.7 Å². The van der Waals surface area contributed by atoms with E-state index in [0.29, 0.717) is 72.4 Å². The summed E-state index contributed by atoms with van der Waals surface area (Å²) in [5, 5.41) is 18.7. The minimum atomic E-state index is -0.847. The maximum atomic E-state index is 14.0. The number of nitrogens with zero attached hydrogens (tertiary/aromatic N) is 3. The number of nitriles is 1. The van der Waals surface area contributed by atoms with Crippen molar-refractivity contribution in [1.29, 1.82) is 5.26 Å². The lowest BCUT2D eigenvalue weighted by atomic mass is 9.49. The van der Waals surface area contributed by atoms with Gasteiger partial charge in [-0.25, -0.2) is 4.98 Å². The van der Waals surface area contributed by atoms with Gasteiger partial charge in [-0.05, 0) is 93.3 Å². The molecule has 4 aromatic rings. The number of halogens is 1. The number of nitrogens with one attached hydrogen (secondary N) is 3. The van der Waals surface area contributed by atoms with Gasteiger partial charge in [-0.15, -0.1) is 0 Å². The number of oxazole rings is 1. The van der Waals surface area contributed by atoms with Crippen molar-refractivity contribution >= 4 is 35.2 Å². The topological polar surface area (TPSA) is 185 Å². The normalized spacial score (nSPS) is 19.3. The van der Waals surface area contributed by atoms with E-state index < -0.39 is 23.4 Å². The first-order valence-electron chi connectivity index (χ1n) is 23.1. The van der Waals surface area contributed by atoms with E-state index in [2.05, 4.69) is 54.7 Å². The molecule has 3 aromatic carbocycles. The van der Waals surface area contributed by atoms with Crippen LogP contribution in [0, 0.1) is 34.5 Å². The number of aryl methyl sites for hydroxylation is 1. The molecule has 0 unspecified atom stereocenters. The fraction of sp³-hybridized carbons (Fsp3) is 0.500. The third-order valence-corrected chi connectivity index (χ3v) is 13.3. The number of unbranched alkanes of at least 4 members (excludes halogenated alkanes) is 2. The van der Waals surface area contributed by atoms with Gasteiger partial charge in [0.25, 0.3) is 5.91 Å². The van der Waals surface area contributed by atoms with Crippen molar-refractivity contribution in [3.63, 3.8) is 0 Å². The molecule has 0 bridgehead atoms. The Labute approximate surface area is 399 Å². The number of rotatable bonds is 19. The predicted molar refractivity (Wildman–Crippen MR) is 255 cm³/mol. The van der Waals surface area contributed by atoms with Crippen LogP contribution in [0.3, 0.4) is 0 Å². The van der Waals surface area contributed by atoms with Gasteiger partial charge >= 0.3 is 0 Å². The molecular weight excluding hydrogens is 872 g/mol. The fourth-order valence-electron chi connectivity index (χ4n) is 9.57. The van der Waals surface area contributed by atoms with Crippen LogP contribution in [0.15, 0.2) is 77.5 Å². The Bertz CT molecular complexity index is 2400. The van der Waals surface area contributed by atoms with E-state index in [-0.39, 0.29) is 53.3 Å². The lowest BCUT2D eigenvalue weighted by Crippen LogP contribution is -2.74. The third-order valence-electron chi connectivity index (χ3n) is 13.0. The molecule has 3 atom stereocenters. The zero-order valence-corrected chi connectivity index (χ0v) is 40.9. The van der Waals surface area contributed by atoms with Crippen molar-refractivity contribution in [3.05, 3.63) is 101 Å². The Balaban J connectivity index is 0.876. The molecule has 1 aromatic heterocycles. The van der Waals surface area contributed by atoms with Crippen LogP contribution >= 0.6 is 11.6 Å². The van der Waals surface area contributed by atoms with E-state index in [9.17, 15) is 24.4 Å². The maximum Gasteiger partial charge on any atom is 0.251 e. The zero-order valence-electron chi connectivity index (χ0n) is 40.2. The lowest BCUT2D eigenvalue weighted by molar-refractivity contribution is -0.164. The minimum Gasteiger partial charge on any atom is -0.494 e. The Kier molecular flexibility index (Phi) is 16.1. The largest absolute Gasteiger partial charge is 0.494 e. The lowest BCUT2D eigenvalue weighted by Gasteiger charge is -2.63. The molecule has 14 nitrogen and oxygen atoms in total. The summed E-state index contributed by atoms with van der Waals surface area (Å²) >= 11 is 6.24. The minimum absolute atomic E-state index is 0.164. The molecule has 15 heteroatoms. The Morgan fingerprint density at radius 2 is 1.61 bits per heavy atom. The van der Waals surface area contributed by atoms with Crippen molar-refractivity contribution in [2.24, 2.45) is 16.2 Å². The number of likely N-dealkylation sites (tertiary alicyclic amines) is 1. The number of ether oxygens (including phenoxy) is 3. The van der Waals surface area contributed by atoms with Crippen molar-refractivity contribution < 1.29 is 37.8 Å². The van der Waals surface area contributed by atoms with Gasteiger partial charge in [-0.2, -0.15) is 5.26 Å².